The normalized spacial score (nSPS) is 10.1. The van der Waals surface area contributed by atoms with E-state index in [1.54, 1.807) is 54.8 Å². The van der Waals surface area contributed by atoms with E-state index in [1.165, 1.54) is 0 Å². The highest BCUT2D eigenvalue weighted by atomic mass is 16.2. The quantitative estimate of drug-likeness (QED) is 0.731. The van der Waals surface area contributed by atoms with Crippen LogP contribution in [0.5, 0.6) is 0 Å². The fraction of sp³-hybridized carbons (Fsp3) is 0.143. The minimum atomic E-state index is -0.123. The molecule has 27 heavy (non-hydrogen) atoms. The van der Waals surface area contributed by atoms with E-state index in [0.29, 0.717) is 17.8 Å². The number of pyridine rings is 2. The molecule has 0 aliphatic rings. The van der Waals surface area contributed by atoms with Crippen LogP contribution in [-0.4, -0.2) is 34.4 Å². The van der Waals surface area contributed by atoms with Gasteiger partial charge in [-0.15, -0.1) is 0 Å². The molecule has 2 heterocycles. The predicted molar refractivity (Wildman–Crippen MR) is 104 cm³/mol. The third-order valence-electron chi connectivity index (χ3n) is 4.09. The van der Waals surface area contributed by atoms with Gasteiger partial charge in [-0.1, -0.05) is 6.07 Å². The van der Waals surface area contributed by atoms with Crippen LogP contribution in [0.3, 0.4) is 0 Å². The maximum atomic E-state index is 12.5. The minimum absolute atomic E-state index is 0.123. The molecule has 0 saturated heterocycles. The first kappa shape index (κ1) is 18.1. The molecule has 1 aromatic carbocycles. The lowest BCUT2D eigenvalue weighted by molar-refractivity contribution is 0.0791. The molecule has 3 aromatic rings. The first-order chi connectivity index (χ1) is 13.2. The molecule has 0 aliphatic heterocycles. The molecular weight excluding hydrogens is 338 g/mol. The lowest BCUT2D eigenvalue weighted by Gasteiger charge is -2.17. The summed E-state index contributed by atoms with van der Waals surface area (Å²) in [5, 5.41) is 12.1. The number of aromatic nitrogens is 2. The fourth-order valence-electron chi connectivity index (χ4n) is 2.57. The molecule has 2 aromatic heterocycles. The topological polar surface area (TPSA) is 81.9 Å². The molecule has 1 N–H and O–H groups in total. The van der Waals surface area contributed by atoms with Crippen molar-refractivity contribution >= 4 is 17.3 Å². The molecule has 0 fully saturated rings. The van der Waals surface area contributed by atoms with Crippen LogP contribution in [0.1, 0.15) is 21.6 Å². The largest absolute Gasteiger partial charge is 0.354 e. The summed E-state index contributed by atoms with van der Waals surface area (Å²) >= 11 is 0. The van der Waals surface area contributed by atoms with E-state index in [1.807, 2.05) is 24.3 Å². The second-order valence-electron chi connectivity index (χ2n) is 6.08. The molecule has 0 atom stereocenters. The second kappa shape index (κ2) is 8.59. The van der Waals surface area contributed by atoms with Crippen LogP contribution in [-0.2, 0) is 6.42 Å². The Kier molecular flexibility index (Phi) is 5.75. The van der Waals surface area contributed by atoms with Gasteiger partial charge in [0.15, 0.2) is 0 Å². The van der Waals surface area contributed by atoms with Crippen molar-refractivity contribution in [1.82, 2.24) is 14.9 Å². The van der Waals surface area contributed by atoms with E-state index in [9.17, 15) is 4.79 Å². The first-order valence-electron chi connectivity index (χ1n) is 8.53. The van der Waals surface area contributed by atoms with E-state index in [-0.39, 0.29) is 5.91 Å². The third-order valence-corrected chi connectivity index (χ3v) is 4.09. The van der Waals surface area contributed by atoms with Crippen LogP contribution < -0.4 is 5.32 Å². The van der Waals surface area contributed by atoms with Crippen LogP contribution in [0.2, 0.25) is 0 Å². The van der Waals surface area contributed by atoms with Gasteiger partial charge in [0.05, 0.1) is 23.5 Å². The molecular formula is C21H19N5O. The Balaban J connectivity index is 1.60. The SMILES string of the molecule is CN(CCc1ccncc1)C(=O)c1ccc(Nc2cccc(C#N)c2)cn1. The molecule has 0 saturated carbocycles. The van der Waals surface area contributed by atoms with E-state index < -0.39 is 0 Å². The summed E-state index contributed by atoms with van der Waals surface area (Å²) in [6.07, 6.45) is 5.87. The van der Waals surface area contributed by atoms with Crippen molar-refractivity contribution < 1.29 is 4.79 Å². The van der Waals surface area contributed by atoms with Gasteiger partial charge in [-0.25, -0.2) is 4.98 Å². The summed E-state index contributed by atoms with van der Waals surface area (Å²) in [5.41, 5.74) is 3.65. The van der Waals surface area contributed by atoms with Gasteiger partial charge >= 0.3 is 0 Å². The number of nitriles is 1. The molecule has 3 rings (SSSR count). The maximum Gasteiger partial charge on any atom is 0.272 e. The predicted octanol–water partition coefficient (Wildman–Crippen LogP) is 3.41. The molecule has 6 heteroatoms. The zero-order valence-electron chi connectivity index (χ0n) is 15.0. The zero-order valence-corrected chi connectivity index (χ0v) is 15.0. The minimum Gasteiger partial charge on any atom is -0.354 e. The lowest BCUT2D eigenvalue weighted by atomic mass is 10.2. The van der Waals surface area contributed by atoms with Gasteiger partial charge in [0.25, 0.3) is 5.91 Å². The third kappa shape index (κ3) is 4.89. The number of hydrogen-bond acceptors (Lipinski definition) is 5. The fourth-order valence-corrected chi connectivity index (χ4v) is 2.57. The number of amides is 1. The van der Waals surface area contributed by atoms with Gasteiger partial charge in [-0.2, -0.15) is 5.26 Å². The Hall–Kier alpha value is -3.72. The molecule has 0 unspecified atom stereocenters. The number of rotatable bonds is 6. The number of likely N-dealkylation sites (N-methyl/N-ethyl adjacent to an activating group) is 1. The highest BCUT2D eigenvalue weighted by molar-refractivity contribution is 5.92. The van der Waals surface area contributed by atoms with Crippen molar-refractivity contribution in [2.45, 2.75) is 6.42 Å². The van der Waals surface area contributed by atoms with Crippen molar-refractivity contribution in [2.24, 2.45) is 0 Å². The summed E-state index contributed by atoms with van der Waals surface area (Å²) in [6.45, 7) is 0.603. The van der Waals surface area contributed by atoms with Crippen molar-refractivity contribution in [3.63, 3.8) is 0 Å². The van der Waals surface area contributed by atoms with Gasteiger partial charge in [-0.3, -0.25) is 9.78 Å². The van der Waals surface area contributed by atoms with E-state index in [0.717, 1.165) is 23.4 Å². The Bertz CT molecular complexity index is 948. The Morgan fingerprint density at radius 2 is 1.96 bits per heavy atom. The number of nitrogens with one attached hydrogen (secondary N) is 1. The van der Waals surface area contributed by atoms with Crippen LogP contribution >= 0.6 is 0 Å². The Labute approximate surface area is 158 Å². The van der Waals surface area contributed by atoms with Crippen LogP contribution in [0.15, 0.2) is 67.1 Å². The molecule has 6 nitrogen and oxygen atoms in total. The Morgan fingerprint density at radius 1 is 1.15 bits per heavy atom. The second-order valence-corrected chi connectivity index (χ2v) is 6.08. The van der Waals surface area contributed by atoms with Gasteiger partial charge in [0, 0.05) is 31.7 Å². The van der Waals surface area contributed by atoms with Crippen LogP contribution in [0.25, 0.3) is 0 Å². The summed E-state index contributed by atoms with van der Waals surface area (Å²) in [4.78, 5) is 22.4. The average Bonchev–Trinajstić information content (AvgIpc) is 2.73. The number of anilines is 2. The molecule has 134 valence electrons. The smallest absolute Gasteiger partial charge is 0.272 e. The van der Waals surface area contributed by atoms with Crippen molar-refractivity contribution in [1.29, 1.82) is 5.26 Å². The maximum absolute atomic E-state index is 12.5. The highest BCUT2D eigenvalue weighted by Gasteiger charge is 2.13. The Morgan fingerprint density at radius 3 is 2.67 bits per heavy atom. The first-order valence-corrected chi connectivity index (χ1v) is 8.53. The molecule has 0 bridgehead atoms. The van der Waals surface area contributed by atoms with Gasteiger partial charge < -0.3 is 10.2 Å². The molecule has 1 amide bonds. The van der Waals surface area contributed by atoms with Crippen molar-refractivity contribution in [2.75, 3.05) is 18.9 Å². The molecule has 0 spiro atoms. The van der Waals surface area contributed by atoms with E-state index >= 15 is 0 Å². The number of nitrogens with zero attached hydrogens (tertiary/aromatic N) is 4. The molecule has 0 radical (unpaired) electrons. The van der Waals surface area contributed by atoms with Crippen molar-refractivity contribution in [3.8, 4) is 6.07 Å². The van der Waals surface area contributed by atoms with Crippen LogP contribution in [0.4, 0.5) is 11.4 Å². The number of carbonyl (C=O) groups is 1. The summed E-state index contributed by atoms with van der Waals surface area (Å²) in [5.74, 6) is -0.123. The van der Waals surface area contributed by atoms with Gasteiger partial charge in [-0.05, 0) is 54.4 Å². The molecule has 0 aliphatic carbocycles. The summed E-state index contributed by atoms with van der Waals surface area (Å²) in [6, 6.07) is 16.7. The number of hydrogen-bond donors (Lipinski definition) is 1. The van der Waals surface area contributed by atoms with Crippen LogP contribution in [0, 0.1) is 11.3 Å². The number of carbonyl (C=O) groups excluding carboxylic acids is 1. The number of benzene rings is 1. The monoisotopic (exact) mass is 357 g/mol. The summed E-state index contributed by atoms with van der Waals surface area (Å²) < 4.78 is 0. The highest BCUT2D eigenvalue weighted by Crippen LogP contribution is 2.17. The average molecular weight is 357 g/mol. The standard InChI is InChI=1S/C21H19N5O/c1-26(12-9-16-7-10-23-11-8-16)21(27)20-6-5-19(15-24-20)25-18-4-2-3-17(13-18)14-22/h2-8,10-11,13,15,25H,9,12H2,1H3. The van der Waals surface area contributed by atoms with E-state index in [2.05, 4.69) is 21.4 Å². The summed E-state index contributed by atoms with van der Waals surface area (Å²) in [7, 11) is 1.77. The zero-order chi connectivity index (χ0) is 19.1. The van der Waals surface area contributed by atoms with Gasteiger partial charge in [0.1, 0.15) is 5.69 Å². The van der Waals surface area contributed by atoms with E-state index in [4.69, 9.17) is 5.26 Å². The lowest BCUT2D eigenvalue weighted by Crippen LogP contribution is -2.29. The van der Waals surface area contributed by atoms with Gasteiger partial charge in [0.2, 0.25) is 0 Å². The van der Waals surface area contributed by atoms with Crippen molar-refractivity contribution in [3.05, 3.63) is 83.9 Å².